The molecule has 2 fully saturated rings. The molecule has 0 radical (unpaired) electrons. The van der Waals surface area contributed by atoms with Gasteiger partial charge in [0.1, 0.15) is 15.8 Å². The van der Waals surface area contributed by atoms with Gasteiger partial charge in [0, 0.05) is 44.1 Å². The summed E-state index contributed by atoms with van der Waals surface area (Å²) in [6, 6.07) is 15.8. The Hall–Kier alpha value is -3.17. The number of thioether (sulfide) groups is 1. The van der Waals surface area contributed by atoms with Gasteiger partial charge in [-0.1, -0.05) is 55.2 Å². The second kappa shape index (κ2) is 9.83. The van der Waals surface area contributed by atoms with E-state index >= 15 is 0 Å². The van der Waals surface area contributed by atoms with Crippen molar-refractivity contribution < 1.29 is 4.79 Å². The van der Waals surface area contributed by atoms with Crippen molar-refractivity contribution in [1.29, 1.82) is 0 Å². The fourth-order valence-electron chi connectivity index (χ4n) is 4.45. The van der Waals surface area contributed by atoms with Gasteiger partial charge in [0.25, 0.3) is 11.5 Å². The number of hydrogen-bond acceptors (Lipinski definition) is 7. The Labute approximate surface area is 214 Å². The number of nitrogens with zero attached hydrogens (tertiary/aromatic N) is 5. The lowest BCUT2D eigenvalue weighted by molar-refractivity contribution is -0.123. The fraction of sp³-hybridized carbons (Fsp3) is 0.308. The molecule has 7 nitrogen and oxygen atoms in total. The highest BCUT2D eigenvalue weighted by molar-refractivity contribution is 8.26. The van der Waals surface area contributed by atoms with Crippen molar-refractivity contribution in [2.24, 2.45) is 0 Å². The van der Waals surface area contributed by atoms with E-state index in [0.29, 0.717) is 26.3 Å². The standard InChI is InChI=1S/C26H27N5O2S2/c1-3-18(2)31-25(33)21(35-26(31)34)17-20-23(27-22-11-7-8-12-30(22)24(20)32)29-15-13-28(14-16-29)19-9-5-4-6-10-19/h4-12,17-18H,3,13-16H2,1-2H3/b21-17-/t18-/m0/s1. The third kappa shape index (κ3) is 4.46. The number of carbonyl (C=O) groups is 1. The van der Waals surface area contributed by atoms with Gasteiger partial charge in [-0.3, -0.25) is 18.9 Å². The van der Waals surface area contributed by atoms with E-state index in [1.807, 2.05) is 44.2 Å². The van der Waals surface area contributed by atoms with Crippen LogP contribution in [0.4, 0.5) is 11.5 Å². The van der Waals surface area contributed by atoms with Crippen LogP contribution in [-0.2, 0) is 4.79 Å². The van der Waals surface area contributed by atoms with Crippen LogP contribution in [0.2, 0.25) is 0 Å². The predicted octanol–water partition coefficient (Wildman–Crippen LogP) is 4.02. The minimum absolute atomic E-state index is 0.00904. The zero-order chi connectivity index (χ0) is 24.5. The van der Waals surface area contributed by atoms with Crippen molar-refractivity contribution >= 4 is 57.4 Å². The summed E-state index contributed by atoms with van der Waals surface area (Å²) in [6.07, 6.45) is 4.20. The molecule has 1 atom stereocenters. The number of anilines is 2. The van der Waals surface area contributed by atoms with Crippen molar-refractivity contribution in [1.82, 2.24) is 14.3 Å². The molecule has 0 aliphatic carbocycles. The number of aromatic nitrogens is 2. The number of amides is 1. The lowest BCUT2D eigenvalue weighted by Crippen LogP contribution is -2.47. The SMILES string of the molecule is CC[C@H](C)N1C(=O)/C(=C/c2c(N3CCN(c4ccccc4)CC3)nc3ccccn3c2=O)SC1=S. The molecule has 0 N–H and O–H groups in total. The molecule has 1 amide bonds. The summed E-state index contributed by atoms with van der Waals surface area (Å²) in [4.78, 5) is 38.3. The smallest absolute Gasteiger partial charge is 0.267 e. The highest BCUT2D eigenvalue weighted by Crippen LogP contribution is 2.35. The second-order valence-corrected chi connectivity index (χ2v) is 10.4. The lowest BCUT2D eigenvalue weighted by Gasteiger charge is -2.37. The largest absolute Gasteiger partial charge is 0.368 e. The molecule has 0 spiro atoms. The lowest BCUT2D eigenvalue weighted by atomic mass is 10.2. The van der Waals surface area contributed by atoms with Crippen molar-refractivity contribution in [2.75, 3.05) is 36.0 Å². The van der Waals surface area contributed by atoms with Gasteiger partial charge in [0.2, 0.25) is 0 Å². The Morgan fingerprint density at radius 1 is 1.03 bits per heavy atom. The molecule has 180 valence electrons. The summed E-state index contributed by atoms with van der Waals surface area (Å²) in [5.74, 6) is 0.467. The number of fused-ring (bicyclic) bond motifs is 1. The van der Waals surface area contributed by atoms with Crippen LogP contribution in [0.5, 0.6) is 0 Å². The van der Waals surface area contributed by atoms with E-state index in [9.17, 15) is 9.59 Å². The molecule has 9 heteroatoms. The van der Waals surface area contributed by atoms with Crippen LogP contribution in [0.25, 0.3) is 11.7 Å². The van der Waals surface area contributed by atoms with Crippen LogP contribution in [0.3, 0.4) is 0 Å². The number of piperazine rings is 1. The highest BCUT2D eigenvalue weighted by atomic mass is 32.2. The molecule has 4 heterocycles. The van der Waals surface area contributed by atoms with Crippen molar-refractivity contribution in [3.05, 3.63) is 75.6 Å². The third-order valence-electron chi connectivity index (χ3n) is 6.58. The molecule has 3 aromatic rings. The number of pyridine rings is 1. The quantitative estimate of drug-likeness (QED) is 0.383. The summed E-state index contributed by atoms with van der Waals surface area (Å²) in [5.41, 5.74) is 2.01. The number of benzene rings is 1. The number of carbonyl (C=O) groups excluding carboxylic acids is 1. The van der Waals surface area contributed by atoms with Gasteiger partial charge < -0.3 is 9.80 Å². The minimum Gasteiger partial charge on any atom is -0.368 e. The first-order valence-electron chi connectivity index (χ1n) is 11.8. The maximum atomic E-state index is 13.6. The average molecular weight is 506 g/mol. The van der Waals surface area contributed by atoms with E-state index in [4.69, 9.17) is 17.2 Å². The first-order chi connectivity index (χ1) is 17.0. The molecular weight excluding hydrogens is 478 g/mol. The predicted molar refractivity (Wildman–Crippen MR) is 147 cm³/mol. The summed E-state index contributed by atoms with van der Waals surface area (Å²) < 4.78 is 2.06. The van der Waals surface area contributed by atoms with Crippen LogP contribution < -0.4 is 15.4 Å². The maximum absolute atomic E-state index is 13.6. The van der Waals surface area contributed by atoms with E-state index in [1.165, 1.54) is 21.8 Å². The van der Waals surface area contributed by atoms with E-state index < -0.39 is 0 Å². The number of thiocarbonyl (C=S) groups is 1. The fourth-order valence-corrected chi connectivity index (χ4v) is 5.89. The van der Waals surface area contributed by atoms with Gasteiger partial charge in [-0.25, -0.2) is 4.98 Å². The van der Waals surface area contributed by atoms with E-state index in [0.717, 1.165) is 32.6 Å². The Morgan fingerprint density at radius 2 is 1.71 bits per heavy atom. The zero-order valence-corrected chi connectivity index (χ0v) is 21.4. The van der Waals surface area contributed by atoms with E-state index in [2.05, 4.69) is 21.9 Å². The van der Waals surface area contributed by atoms with E-state index in [-0.39, 0.29) is 17.5 Å². The molecule has 0 unspecified atom stereocenters. The average Bonchev–Trinajstić information content (AvgIpc) is 3.18. The molecule has 2 aliphatic rings. The minimum atomic E-state index is -0.190. The topological polar surface area (TPSA) is 61.2 Å². The van der Waals surface area contributed by atoms with Crippen LogP contribution in [-0.4, -0.2) is 56.7 Å². The molecule has 0 bridgehead atoms. The molecule has 2 aromatic heterocycles. The Bertz CT molecular complexity index is 1360. The summed E-state index contributed by atoms with van der Waals surface area (Å²) in [6.45, 7) is 7.08. The highest BCUT2D eigenvalue weighted by Gasteiger charge is 2.35. The Kier molecular flexibility index (Phi) is 6.62. The van der Waals surface area contributed by atoms with Gasteiger partial charge in [-0.15, -0.1) is 0 Å². The first kappa shape index (κ1) is 23.6. The monoisotopic (exact) mass is 505 g/mol. The Morgan fingerprint density at radius 3 is 2.43 bits per heavy atom. The molecule has 0 saturated carbocycles. The van der Waals surface area contributed by atoms with Crippen molar-refractivity contribution in [3.63, 3.8) is 0 Å². The van der Waals surface area contributed by atoms with Gasteiger partial charge >= 0.3 is 0 Å². The van der Waals surface area contributed by atoms with Crippen LogP contribution >= 0.6 is 24.0 Å². The molecular formula is C26H27N5O2S2. The van der Waals surface area contributed by atoms with Crippen molar-refractivity contribution in [2.45, 2.75) is 26.3 Å². The summed E-state index contributed by atoms with van der Waals surface area (Å²) in [7, 11) is 0. The molecule has 35 heavy (non-hydrogen) atoms. The number of para-hydroxylation sites is 1. The third-order valence-corrected chi connectivity index (χ3v) is 7.91. The van der Waals surface area contributed by atoms with E-state index in [1.54, 1.807) is 23.2 Å². The summed E-state index contributed by atoms with van der Waals surface area (Å²) in [5, 5.41) is 0. The van der Waals surface area contributed by atoms with Crippen molar-refractivity contribution in [3.8, 4) is 0 Å². The molecule has 2 saturated heterocycles. The zero-order valence-electron chi connectivity index (χ0n) is 19.8. The first-order valence-corrected chi connectivity index (χ1v) is 13.0. The van der Waals surface area contributed by atoms with Gasteiger partial charge in [0.15, 0.2) is 0 Å². The van der Waals surface area contributed by atoms with Crippen LogP contribution in [0, 0.1) is 0 Å². The normalized spacial score (nSPS) is 18.7. The molecule has 5 rings (SSSR count). The number of hydrogen-bond donors (Lipinski definition) is 0. The number of rotatable bonds is 5. The van der Waals surface area contributed by atoms with Gasteiger partial charge in [0.05, 0.1) is 10.5 Å². The van der Waals surface area contributed by atoms with Gasteiger partial charge in [-0.2, -0.15) is 0 Å². The van der Waals surface area contributed by atoms with Crippen LogP contribution in [0.15, 0.2) is 64.4 Å². The second-order valence-electron chi connectivity index (χ2n) is 8.70. The summed E-state index contributed by atoms with van der Waals surface area (Å²) >= 11 is 6.75. The molecule has 2 aliphatic heterocycles. The molecule has 1 aromatic carbocycles. The van der Waals surface area contributed by atoms with Crippen LogP contribution in [0.1, 0.15) is 25.8 Å². The maximum Gasteiger partial charge on any atom is 0.267 e. The Balaban J connectivity index is 1.53. The van der Waals surface area contributed by atoms with Gasteiger partial charge in [-0.05, 0) is 43.7 Å².